The Bertz CT molecular complexity index is 445. The summed E-state index contributed by atoms with van der Waals surface area (Å²) in [5, 5.41) is 9.30. The fraction of sp³-hybridized carbons (Fsp3) is 0.650. The highest BCUT2D eigenvalue weighted by Crippen LogP contribution is 2.13. The number of phenols is 1. The summed E-state index contributed by atoms with van der Waals surface area (Å²) in [5.41, 5.74) is 6.46. The predicted molar refractivity (Wildman–Crippen MR) is 99.9 cm³/mol. The molecule has 1 aromatic rings. The molecule has 4 heteroatoms. The molecule has 0 aliphatic carbocycles. The second-order valence-corrected chi connectivity index (χ2v) is 6.61. The molecule has 0 aliphatic rings. The number of primary amides is 1. The summed E-state index contributed by atoms with van der Waals surface area (Å²) < 4.78 is 0. The van der Waals surface area contributed by atoms with Crippen LogP contribution >= 0.6 is 0 Å². The Morgan fingerprint density at radius 3 is 1.92 bits per heavy atom. The molecule has 4 nitrogen and oxygen atoms in total. The molecule has 0 saturated heterocycles. The smallest absolute Gasteiger partial charge is 0.315 e. The number of nitrogens with two attached hydrogens (primary N) is 1. The number of rotatable bonds is 13. The highest BCUT2D eigenvalue weighted by Gasteiger charge is 2.09. The number of hydrogen-bond acceptors (Lipinski definition) is 2. The van der Waals surface area contributed by atoms with Crippen LogP contribution in [-0.2, 0) is 6.54 Å². The molecule has 3 N–H and O–H groups in total. The largest absolute Gasteiger partial charge is 0.508 e. The number of hydrogen-bond donors (Lipinski definition) is 2. The summed E-state index contributed by atoms with van der Waals surface area (Å²) in [6, 6.07) is 6.54. The fourth-order valence-electron chi connectivity index (χ4n) is 2.88. The Labute approximate surface area is 147 Å². The molecule has 0 bridgehead atoms. The maximum Gasteiger partial charge on any atom is 0.315 e. The molecule has 0 aliphatic heterocycles. The standard InChI is InChI=1S/C20H34N2O2/c1-2-3-4-5-6-7-8-9-10-11-16-22(20(21)24)17-18-12-14-19(23)15-13-18/h12-15,23H,2-11,16-17H2,1H3,(H2,21,24). The van der Waals surface area contributed by atoms with Crippen LogP contribution in [0.5, 0.6) is 5.75 Å². The summed E-state index contributed by atoms with van der Waals surface area (Å²) >= 11 is 0. The number of amides is 2. The van der Waals surface area contributed by atoms with Crippen LogP contribution in [0.25, 0.3) is 0 Å². The molecule has 1 aromatic carbocycles. The Kier molecular flexibility index (Phi) is 10.7. The molecule has 0 fully saturated rings. The van der Waals surface area contributed by atoms with Gasteiger partial charge in [0.25, 0.3) is 0 Å². The first-order valence-electron chi connectivity index (χ1n) is 9.45. The van der Waals surface area contributed by atoms with Gasteiger partial charge in [0.05, 0.1) is 0 Å². The minimum atomic E-state index is -0.376. The molecule has 0 heterocycles. The molecule has 0 radical (unpaired) electrons. The molecule has 0 unspecified atom stereocenters. The first-order valence-corrected chi connectivity index (χ1v) is 9.45. The quantitative estimate of drug-likeness (QED) is 0.487. The zero-order chi connectivity index (χ0) is 17.6. The predicted octanol–water partition coefficient (Wildman–Crippen LogP) is 5.19. The summed E-state index contributed by atoms with van der Waals surface area (Å²) in [6.07, 6.45) is 12.8. The van der Waals surface area contributed by atoms with Crippen molar-refractivity contribution in [1.82, 2.24) is 4.90 Å². The number of carbonyl (C=O) groups excluding carboxylic acids is 1. The van der Waals surface area contributed by atoms with Crippen LogP contribution < -0.4 is 5.73 Å². The number of unbranched alkanes of at least 4 members (excludes halogenated alkanes) is 9. The summed E-state index contributed by atoms with van der Waals surface area (Å²) in [4.78, 5) is 13.2. The third-order valence-electron chi connectivity index (χ3n) is 4.40. The Balaban J connectivity index is 2.11. The van der Waals surface area contributed by atoms with Gasteiger partial charge in [-0.15, -0.1) is 0 Å². The van der Waals surface area contributed by atoms with E-state index >= 15 is 0 Å². The molecular formula is C20H34N2O2. The van der Waals surface area contributed by atoms with Crippen LogP contribution in [0, 0.1) is 0 Å². The third-order valence-corrected chi connectivity index (χ3v) is 4.40. The van der Waals surface area contributed by atoms with Crippen molar-refractivity contribution in [2.75, 3.05) is 6.54 Å². The lowest BCUT2D eigenvalue weighted by atomic mass is 10.1. The van der Waals surface area contributed by atoms with Crippen molar-refractivity contribution in [1.29, 1.82) is 0 Å². The molecular weight excluding hydrogens is 300 g/mol. The van der Waals surface area contributed by atoms with E-state index in [1.165, 1.54) is 51.4 Å². The molecule has 0 spiro atoms. The Hall–Kier alpha value is -1.71. The molecule has 0 atom stereocenters. The monoisotopic (exact) mass is 334 g/mol. The van der Waals surface area contributed by atoms with Gasteiger partial charge in [-0.2, -0.15) is 0 Å². The van der Waals surface area contributed by atoms with Crippen LogP contribution in [0.1, 0.15) is 76.7 Å². The summed E-state index contributed by atoms with van der Waals surface area (Å²) in [6.45, 7) is 3.46. The van der Waals surface area contributed by atoms with E-state index < -0.39 is 0 Å². The van der Waals surface area contributed by atoms with Gasteiger partial charge in [0.2, 0.25) is 0 Å². The molecule has 2 amide bonds. The number of carbonyl (C=O) groups is 1. The third kappa shape index (κ3) is 9.43. The van der Waals surface area contributed by atoms with E-state index in [2.05, 4.69) is 6.92 Å². The molecule has 0 aromatic heterocycles. The summed E-state index contributed by atoms with van der Waals surface area (Å²) in [7, 11) is 0. The second-order valence-electron chi connectivity index (χ2n) is 6.61. The SMILES string of the molecule is CCCCCCCCCCCCN(Cc1ccc(O)cc1)C(N)=O. The second kappa shape index (κ2) is 12.7. The topological polar surface area (TPSA) is 66.6 Å². The van der Waals surface area contributed by atoms with Crippen LogP contribution in [0.15, 0.2) is 24.3 Å². The van der Waals surface area contributed by atoms with Crippen LogP contribution in [0.3, 0.4) is 0 Å². The van der Waals surface area contributed by atoms with E-state index in [-0.39, 0.29) is 11.8 Å². The fourth-order valence-corrected chi connectivity index (χ4v) is 2.88. The lowest BCUT2D eigenvalue weighted by Crippen LogP contribution is -2.35. The number of nitrogens with zero attached hydrogens (tertiary/aromatic N) is 1. The van der Waals surface area contributed by atoms with Crippen molar-refractivity contribution < 1.29 is 9.90 Å². The van der Waals surface area contributed by atoms with Gasteiger partial charge in [0, 0.05) is 13.1 Å². The minimum absolute atomic E-state index is 0.235. The number of benzene rings is 1. The van der Waals surface area contributed by atoms with Crippen LogP contribution in [-0.4, -0.2) is 22.6 Å². The highest BCUT2D eigenvalue weighted by molar-refractivity contribution is 5.71. The van der Waals surface area contributed by atoms with E-state index in [1.54, 1.807) is 17.0 Å². The van der Waals surface area contributed by atoms with Gasteiger partial charge in [0.1, 0.15) is 5.75 Å². The first-order chi connectivity index (χ1) is 11.6. The van der Waals surface area contributed by atoms with E-state index in [0.717, 1.165) is 18.4 Å². The molecule has 24 heavy (non-hydrogen) atoms. The van der Waals surface area contributed by atoms with Gasteiger partial charge < -0.3 is 15.7 Å². The van der Waals surface area contributed by atoms with Gasteiger partial charge >= 0.3 is 6.03 Å². The number of urea groups is 1. The molecule has 1 rings (SSSR count). The molecule has 136 valence electrons. The van der Waals surface area contributed by atoms with Crippen molar-refractivity contribution in [3.63, 3.8) is 0 Å². The van der Waals surface area contributed by atoms with Gasteiger partial charge in [-0.05, 0) is 24.1 Å². The van der Waals surface area contributed by atoms with Crippen molar-refractivity contribution >= 4 is 6.03 Å². The average molecular weight is 335 g/mol. The van der Waals surface area contributed by atoms with Crippen molar-refractivity contribution in [3.8, 4) is 5.75 Å². The van der Waals surface area contributed by atoms with E-state index in [0.29, 0.717) is 13.1 Å². The normalized spacial score (nSPS) is 10.7. The van der Waals surface area contributed by atoms with Gasteiger partial charge in [-0.1, -0.05) is 76.8 Å². The highest BCUT2D eigenvalue weighted by atomic mass is 16.3. The van der Waals surface area contributed by atoms with Gasteiger partial charge in [-0.3, -0.25) is 0 Å². The maximum atomic E-state index is 11.6. The number of aromatic hydroxyl groups is 1. The van der Waals surface area contributed by atoms with E-state index in [1.807, 2.05) is 12.1 Å². The minimum Gasteiger partial charge on any atom is -0.508 e. The lowest BCUT2D eigenvalue weighted by Gasteiger charge is -2.20. The van der Waals surface area contributed by atoms with Crippen molar-refractivity contribution in [3.05, 3.63) is 29.8 Å². The van der Waals surface area contributed by atoms with Crippen LogP contribution in [0.2, 0.25) is 0 Å². The zero-order valence-electron chi connectivity index (χ0n) is 15.2. The number of phenolic OH excluding ortho intramolecular Hbond substituents is 1. The first kappa shape index (κ1) is 20.3. The van der Waals surface area contributed by atoms with Crippen LogP contribution in [0.4, 0.5) is 4.79 Å². The average Bonchev–Trinajstić information content (AvgIpc) is 2.57. The Morgan fingerprint density at radius 2 is 1.42 bits per heavy atom. The van der Waals surface area contributed by atoms with Crippen molar-refractivity contribution in [2.45, 2.75) is 77.7 Å². The maximum absolute atomic E-state index is 11.6. The van der Waals surface area contributed by atoms with E-state index in [4.69, 9.17) is 5.73 Å². The lowest BCUT2D eigenvalue weighted by molar-refractivity contribution is 0.203. The Morgan fingerprint density at radius 1 is 0.917 bits per heavy atom. The summed E-state index contributed by atoms with van der Waals surface area (Å²) in [5.74, 6) is 0.235. The van der Waals surface area contributed by atoms with Crippen molar-refractivity contribution in [2.24, 2.45) is 5.73 Å². The van der Waals surface area contributed by atoms with Gasteiger partial charge in [0.15, 0.2) is 0 Å². The van der Waals surface area contributed by atoms with Gasteiger partial charge in [-0.25, -0.2) is 4.79 Å². The zero-order valence-corrected chi connectivity index (χ0v) is 15.2. The molecule has 0 saturated carbocycles. The van der Waals surface area contributed by atoms with E-state index in [9.17, 15) is 9.90 Å².